The quantitative estimate of drug-likeness (QED) is 0.540. The molecule has 0 fully saturated rings. The maximum absolute atomic E-state index is 8.69. The number of hydrogen-bond donors (Lipinski definition) is 2. The smallest absolute Gasteiger partial charge is 0.0724 e. The minimum absolute atomic E-state index is 0.0251. The van der Waals surface area contributed by atoms with Crippen LogP contribution in [0.25, 0.3) is 0 Å². The fourth-order valence-electron chi connectivity index (χ4n) is 0.998. The summed E-state index contributed by atoms with van der Waals surface area (Å²) in [5.74, 6) is 0. The molecule has 0 aliphatic rings. The van der Waals surface area contributed by atoms with Crippen LogP contribution in [0.15, 0.2) is 0 Å². The molecule has 0 heterocycles. The fraction of sp³-hybridized carbons (Fsp3) is 1.00. The molecule has 0 saturated heterocycles. The summed E-state index contributed by atoms with van der Waals surface area (Å²) in [5, 5.41) is 17.2. The van der Waals surface area contributed by atoms with Crippen molar-refractivity contribution in [3.05, 3.63) is 0 Å². The average molecular weight is 177 g/mol. The molecule has 4 nitrogen and oxygen atoms in total. The van der Waals surface area contributed by atoms with Crippen LogP contribution in [0.3, 0.4) is 0 Å². The zero-order valence-electron chi connectivity index (χ0n) is 7.86. The third-order valence-electron chi connectivity index (χ3n) is 1.46. The zero-order chi connectivity index (χ0) is 9.40. The van der Waals surface area contributed by atoms with Gasteiger partial charge in [0, 0.05) is 13.2 Å². The molecular weight excluding hydrogens is 158 g/mol. The summed E-state index contributed by atoms with van der Waals surface area (Å²) in [4.78, 5) is 2.00. The van der Waals surface area contributed by atoms with E-state index in [2.05, 4.69) is 0 Å². The Kier molecular flexibility index (Phi) is 7.39. The Bertz CT molecular complexity index is 98.3. The normalized spacial score (nSPS) is 13.8. The monoisotopic (exact) mass is 177 g/mol. The molecule has 0 aliphatic heterocycles. The molecule has 74 valence electrons. The van der Waals surface area contributed by atoms with Gasteiger partial charge in [-0.1, -0.05) is 0 Å². The van der Waals surface area contributed by atoms with Gasteiger partial charge in [-0.05, 0) is 20.5 Å². The highest BCUT2D eigenvalue weighted by molar-refractivity contribution is 4.60. The second-order valence-corrected chi connectivity index (χ2v) is 2.99. The van der Waals surface area contributed by atoms with Crippen LogP contribution in [0, 0.1) is 0 Å². The summed E-state index contributed by atoms with van der Waals surface area (Å²) in [7, 11) is 3.90. The molecule has 12 heavy (non-hydrogen) atoms. The molecule has 0 radical (unpaired) electrons. The summed E-state index contributed by atoms with van der Waals surface area (Å²) in [6, 6.07) is 0. The number of hydrogen-bond acceptors (Lipinski definition) is 4. The van der Waals surface area contributed by atoms with E-state index >= 15 is 0 Å². The Morgan fingerprint density at radius 1 is 1.25 bits per heavy atom. The fourth-order valence-corrected chi connectivity index (χ4v) is 0.998. The Morgan fingerprint density at radius 3 is 2.33 bits per heavy atom. The molecule has 0 aromatic rings. The van der Waals surface area contributed by atoms with Crippen molar-refractivity contribution in [1.82, 2.24) is 4.90 Å². The van der Waals surface area contributed by atoms with Gasteiger partial charge < -0.3 is 19.8 Å². The molecule has 0 bridgehead atoms. The molecular formula is C8H19NO3. The molecule has 1 unspecified atom stereocenters. The van der Waals surface area contributed by atoms with Crippen LogP contribution >= 0.6 is 0 Å². The van der Waals surface area contributed by atoms with Gasteiger partial charge >= 0.3 is 0 Å². The number of aliphatic hydroxyl groups is 2. The first-order chi connectivity index (χ1) is 5.70. The van der Waals surface area contributed by atoms with Crippen molar-refractivity contribution in [2.24, 2.45) is 0 Å². The minimum atomic E-state index is 0.0251. The first-order valence-electron chi connectivity index (χ1n) is 4.18. The maximum Gasteiger partial charge on any atom is 0.0724 e. The predicted molar refractivity (Wildman–Crippen MR) is 47.1 cm³/mol. The molecule has 0 aliphatic carbocycles. The molecule has 1 atom stereocenters. The van der Waals surface area contributed by atoms with Crippen molar-refractivity contribution in [2.45, 2.75) is 12.5 Å². The third kappa shape index (κ3) is 6.54. The SMILES string of the molecule is CN(C)CC(CCO)OCCO. The van der Waals surface area contributed by atoms with E-state index in [0.717, 1.165) is 6.54 Å². The van der Waals surface area contributed by atoms with E-state index in [4.69, 9.17) is 14.9 Å². The number of ether oxygens (including phenoxy) is 1. The number of aliphatic hydroxyl groups excluding tert-OH is 2. The largest absolute Gasteiger partial charge is 0.396 e. The molecule has 0 saturated carbocycles. The Morgan fingerprint density at radius 2 is 1.92 bits per heavy atom. The van der Waals surface area contributed by atoms with Crippen molar-refractivity contribution >= 4 is 0 Å². The highest BCUT2D eigenvalue weighted by atomic mass is 16.5. The Hall–Kier alpha value is -0.160. The van der Waals surface area contributed by atoms with Crippen LogP contribution in [0.2, 0.25) is 0 Å². The number of rotatable bonds is 7. The molecule has 0 amide bonds. The van der Waals surface area contributed by atoms with Gasteiger partial charge in [-0.3, -0.25) is 0 Å². The zero-order valence-corrected chi connectivity index (χ0v) is 7.86. The lowest BCUT2D eigenvalue weighted by Crippen LogP contribution is -2.30. The third-order valence-corrected chi connectivity index (χ3v) is 1.46. The lowest BCUT2D eigenvalue weighted by molar-refractivity contribution is 0.00276. The Balaban J connectivity index is 3.54. The second kappa shape index (κ2) is 7.49. The van der Waals surface area contributed by atoms with Crippen molar-refractivity contribution in [3.63, 3.8) is 0 Å². The van der Waals surface area contributed by atoms with E-state index < -0.39 is 0 Å². The van der Waals surface area contributed by atoms with Crippen molar-refractivity contribution in [3.8, 4) is 0 Å². The van der Waals surface area contributed by atoms with Crippen LogP contribution in [0.4, 0.5) is 0 Å². The summed E-state index contributed by atoms with van der Waals surface area (Å²) in [5.41, 5.74) is 0. The molecule has 0 rings (SSSR count). The lowest BCUT2D eigenvalue weighted by Gasteiger charge is -2.20. The van der Waals surface area contributed by atoms with Gasteiger partial charge in [-0.25, -0.2) is 0 Å². The van der Waals surface area contributed by atoms with Gasteiger partial charge in [0.1, 0.15) is 0 Å². The van der Waals surface area contributed by atoms with E-state index in [1.165, 1.54) is 0 Å². The topological polar surface area (TPSA) is 52.9 Å². The predicted octanol–water partition coefficient (Wildman–Crippen LogP) is -0.692. The molecule has 0 aromatic carbocycles. The van der Waals surface area contributed by atoms with E-state index in [9.17, 15) is 0 Å². The summed E-state index contributed by atoms with van der Waals surface area (Å²) < 4.78 is 5.29. The highest BCUT2D eigenvalue weighted by Gasteiger charge is 2.08. The van der Waals surface area contributed by atoms with Gasteiger partial charge in [-0.15, -0.1) is 0 Å². The first kappa shape index (κ1) is 11.8. The Labute approximate surface area is 73.8 Å². The van der Waals surface area contributed by atoms with Crippen LogP contribution in [-0.2, 0) is 4.74 Å². The van der Waals surface area contributed by atoms with Gasteiger partial charge in [-0.2, -0.15) is 0 Å². The van der Waals surface area contributed by atoms with Crippen molar-refractivity contribution in [1.29, 1.82) is 0 Å². The molecule has 2 N–H and O–H groups in total. The molecule has 0 spiro atoms. The first-order valence-corrected chi connectivity index (χ1v) is 4.18. The van der Waals surface area contributed by atoms with E-state index in [1.807, 2.05) is 19.0 Å². The summed E-state index contributed by atoms with van der Waals surface area (Å²) in [6.45, 7) is 1.29. The maximum atomic E-state index is 8.69. The van der Waals surface area contributed by atoms with Gasteiger partial charge in [0.05, 0.1) is 19.3 Å². The number of nitrogens with zero attached hydrogens (tertiary/aromatic N) is 1. The molecule has 0 aromatic heterocycles. The van der Waals surface area contributed by atoms with Crippen LogP contribution in [0.5, 0.6) is 0 Å². The highest BCUT2D eigenvalue weighted by Crippen LogP contribution is 1.98. The van der Waals surface area contributed by atoms with Gasteiger partial charge in [0.2, 0.25) is 0 Å². The van der Waals surface area contributed by atoms with Crippen molar-refractivity contribution < 1.29 is 14.9 Å². The standard InChI is InChI=1S/C8H19NO3/c1-9(2)7-8(3-4-10)12-6-5-11/h8,10-11H,3-7H2,1-2H3. The molecule has 4 heteroatoms. The van der Waals surface area contributed by atoms with E-state index in [-0.39, 0.29) is 19.3 Å². The van der Waals surface area contributed by atoms with Crippen LogP contribution in [0.1, 0.15) is 6.42 Å². The second-order valence-electron chi connectivity index (χ2n) is 2.99. The van der Waals surface area contributed by atoms with Gasteiger partial charge in [0.15, 0.2) is 0 Å². The average Bonchev–Trinajstić information content (AvgIpc) is 2.00. The van der Waals surface area contributed by atoms with E-state index in [0.29, 0.717) is 13.0 Å². The van der Waals surface area contributed by atoms with Crippen molar-refractivity contribution in [2.75, 3.05) is 40.5 Å². The summed E-state index contributed by atoms with van der Waals surface area (Å²) in [6.07, 6.45) is 0.648. The lowest BCUT2D eigenvalue weighted by atomic mass is 10.2. The van der Waals surface area contributed by atoms with Crippen LogP contribution < -0.4 is 0 Å². The minimum Gasteiger partial charge on any atom is -0.396 e. The summed E-state index contributed by atoms with van der Waals surface area (Å²) >= 11 is 0. The van der Waals surface area contributed by atoms with E-state index in [1.54, 1.807) is 0 Å². The number of likely N-dealkylation sites (N-methyl/N-ethyl adjacent to an activating group) is 1. The van der Waals surface area contributed by atoms with Gasteiger partial charge in [0.25, 0.3) is 0 Å². The van der Waals surface area contributed by atoms with Crippen LogP contribution in [-0.4, -0.2) is 61.7 Å².